The molecule has 23 heavy (non-hydrogen) atoms. The maximum atomic E-state index is 12.5. The van der Waals surface area contributed by atoms with Crippen molar-refractivity contribution in [3.8, 4) is 0 Å². The first kappa shape index (κ1) is 17.5. The van der Waals surface area contributed by atoms with Crippen molar-refractivity contribution in [1.29, 1.82) is 0 Å². The van der Waals surface area contributed by atoms with Crippen LogP contribution in [0.5, 0.6) is 0 Å². The van der Waals surface area contributed by atoms with Crippen LogP contribution >= 0.6 is 11.6 Å². The number of hydrogen-bond acceptors (Lipinski definition) is 4. The molecule has 0 bridgehead atoms. The molecule has 124 valence electrons. The minimum atomic E-state index is -0.334. The van der Waals surface area contributed by atoms with Gasteiger partial charge in [0.05, 0.1) is 24.3 Å². The van der Waals surface area contributed by atoms with Crippen LogP contribution < -0.4 is 0 Å². The summed E-state index contributed by atoms with van der Waals surface area (Å²) in [6.07, 6.45) is 0.729. The van der Waals surface area contributed by atoms with Crippen molar-refractivity contribution < 1.29 is 9.53 Å². The molecule has 1 aliphatic rings. The number of allylic oxidation sites excluding steroid dienone is 1. The van der Waals surface area contributed by atoms with Crippen LogP contribution in [0.3, 0.4) is 0 Å². The van der Waals surface area contributed by atoms with Gasteiger partial charge < -0.3 is 4.74 Å². The van der Waals surface area contributed by atoms with Crippen LogP contribution in [0, 0.1) is 0 Å². The van der Waals surface area contributed by atoms with E-state index in [9.17, 15) is 4.79 Å². The second-order valence-corrected chi connectivity index (χ2v) is 6.24. The molecule has 0 spiro atoms. The van der Waals surface area contributed by atoms with Crippen molar-refractivity contribution in [2.75, 3.05) is 7.11 Å². The predicted octanol–water partition coefficient (Wildman–Crippen LogP) is 4.36. The number of rotatable bonds is 4. The molecule has 0 saturated carbocycles. The number of esters is 1. The molecule has 0 N–H and O–H groups in total. The molecule has 2 rings (SSSR count). The fourth-order valence-corrected chi connectivity index (χ4v) is 3.21. The Labute approximate surface area is 142 Å². The van der Waals surface area contributed by atoms with E-state index in [1.165, 1.54) is 7.11 Å². The molecule has 1 aromatic carbocycles. The Morgan fingerprint density at radius 2 is 2.04 bits per heavy atom. The summed E-state index contributed by atoms with van der Waals surface area (Å²) in [7, 11) is 1.41. The Kier molecular flexibility index (Phi) is 5.47. The smallest absolute Gasteiger partial charge is 0.336 e. The molecule has 1 aliphatic heterocycles. The highest BCUT2D eigenvalue weighted by molar-refractivity contribution is 6.32. The van der Waals surface area contributed by atoms with Gasteiger partial charge in [-0.25, -0.2) is 4.79 Å². The molecule has 1 atom stereocenters. The highest BCUT2D eigenvalue weighted by atomic mass is 35.5. The van der Waals surface area contributed by atoms with Crippen molar-refractivity contribution in [3.05, 3.63) is 46.1 Å². The third-order valence-corrected chi connectivity index (χ3v) is 4.41. The van der Waals surface area contributed by atoms with Gasteiger partial charge in [0.1, 0.15) is 0 Å². The standard InChI is InChI=1S/C18H23ClN2O2/c1-6-15-17(13-9-7-8-10-14(13)19)16(18(22)23-5)12(4)21(20-15)11(2)3/h7-11,17H,6H2,1-5H3. The lowest BCUT2D eigenvalue weighted by Gasteiger charge is -2.35. The Hall–Kier alpha value is -1.81. The van der Waals surface area contributed by atoms with E-state index in [-0.39, 0.29) is 17.9 Å². The fraction of sp³-hybridized carbons (Fsp3) is 0.444. The topological polar surface area (TPSA) is 41.9 Å². The van der Waals surface area contributed by atoms with E-state index in [0.29, 0.717) is 10.6 Å². The van der Waals surface area contributed by atoms with Gasteiger partial charge >= 0.3 is 5.97 Å². The Bertz CT molecular complexity index is 665. The maximum absolute atomic E-state index is 12.5. The minimum Gasteiger partial charge on any atom is -0.466 e. The lowest BCUT2D eigenvalue weighted by molar-refractivity contribution is -0.136. The first-order valence-electron chi connectivity index (χ1n) is 7.82. The molecule has 0 fully saturated rings. The summed E-state index contributed by atoms with van der Waals surface area (Å²) in [5.41, 5.74) is 3.23. The van der Waals surface area contributed by atoms with Gasteiger partial charge in [-0.3, -0.25) is 5.01 Å². The molecule has 1 aromatic rings. The van der Waals surface area contributed by atoms with Crippen molar-refractivity contribution in [3.63, 3.8) is 0 Å². The number of carbonyl (C=O) groups excluding carboxylic acids is 1. The van der Waals surface area contributed by atoms with E-state index in [0.717, 1.165) is 23.4 Å². The average molecular weight is 335 g/mol. The van der Waals surface area contributed by atoms with Gasteiger partial charge in [-0.1, -0.05) is 36.7 Å². The van der Waals surface area contributed by atoms with Crippen LogP contribution in [0.25, 0.3) is 0 Å². The van der Waals surface area contributed by atoms with Crippen LogP contribution in [-0.4, -0.2) is 29.8 Å². The summed E-state index contributed by atoms with van der Waals surface area (Å²) in [5.74, 6) is -0.602. The average Bonchev–Trinajstić information content (AvgIpc) is 2.54. The van der Waals surface area contributed by atoms with Gasteiger partial charge in [0.25, 0.3) is 0 Å². The number of benzene rings is 1. The Balaban J connectivity index is 2.68. The zero-order valence-corrected chi connectivity index (χ0v) is 15.0. The van der Waals surface area contributed by atoms with Gasteiger partial charge in [-0.15, -0.1) is 0 Å². The van der Waals surface area contributed by atoms with E-state index in [4.69, 9.17) is 21.4 Å². The lowest BCUT2D eigenvalue weighted by Crippen LogP contribution is -2.36. The van der Waals surface area contributed by atoms with Crippen molar-refractivity contribution >= 4 is 23.3 Å². The zero-order valence-electron chi connectivity index (χ0n) is 14.3. The van der Waals surface area contributed by atoms with Crippen molar-refractivity contribution in [2.45, 2.75) is 46.1 Å². The van der Waals surface area contributed by atoms with Gasteiger partial charge in [-0.05, 0) is 38.8 Å². The molecule has 1 heterocycles. The molecular weight excluding hydrogens is 312 g/mol. The second kappa shape index (κ2) is 7.18. The summed E-state index contributed by atoms with van der Waals surface area (Å²) in [6, 6.07) is 7.74. The number of halogens is 1. The van der Waals surface area contributed by atoms with Gasteiger partial charge in [0.2, 0.25) is 0 Å². The van der Waals surface area contributed by atoms with Gasteiger partial charge in [0, 0.05) is 16.8 Å². The normalized spacial score (nSPS) is 18.3. The van der Waals surface area contributed by atoms with E-state index in [2.05, 4.69) is 0 Å². The first-order chi connectivity index (χ1) is 10.9. The van der Waals surface area contributed by atoms with Gasteiger partial charge in [0.15, 0.2) is 0 Å². The van der Waals surface area contributed by atoms with E-state index in [1.54, 1.807) is 0 Å². The van der Waals surface area contributed by atoms with Crippen molar-refractivity contribution in [2.24, 2.45) is 5.10 Å². The number of hydrazone groups is 1. The highest BCUT2D eigenvalue weighted by Crippen LogP contribution is 2.38. The first-order valence-corrected chi connectivity index (χ1v) is 8.20. The number of nitrogens with zero attached hydrogens (tertiary/aromatic N) is 2. The van der Waals surface area contributed by atoms with Crippen LogP contribution in [0.15, 0.2) is 40.6 Å². The third-order valence-electron chi connectivity index (χ3n) is 4.06. The molecule has 0 aliphatic carbocycles. The Morgan fingerprint density at radius 3 is 2.57 bits per heavy atom. The predicted molar refractivity (Wildman–Crippen MR) is 93.6 cm³/mol. The number of methoxy groups -OCH3 is 1. The van der Waals surface area contributed by atoms with Crippen molar-refractivity contribution in [1.82, 2.24) is 5.01 Å². The monoisotopic (exact) mass is 334 g/mol. The quantitative estimate of drug-likeness (QED) is 0.768. The second-order valence-electron chi connectivity index (χ2n) is 5.83. The number of hydrogen-bond donors (Lipinski definition) is 0. The fourth-order valence-electron chi connectivity index (χ4n) is 2.97. The molecule has 0 saturated heterocycles. The third kappa shape index (κ3) is 3.27. The number of ether oxygens (including phenoxy) is 1. The molecular formula is C18H23ClN2O2. The van der Waals surface area contributed by atoms with E-state index in [1.807, 2.05) is 57.0 Å². The summed E-state index contributed by atoms with van der Waals surface area (Å²) >= 11 is 6.40. The highest BCUT2D eigenvalue weighted by Gasteiger charge is 2.36. The summed E-state index contributed by atoms with van der Waals surface area (Å²) in [5, 5.41) is 7.29. The molecule has 5 heteroatoms. The summed E-state index contributed by atoms with van der Waals surface area (Å²) < 4.78 is 5.05. The molecule has 1 unspecified atom stereocenters. The summed E-state index contributed by atoms with van der Waals surface area (Å²) in [4.78, 5) is 12.5. The Morgan fingerprint density at radius 1 is 1.39 bits per heavy atom. The number of carbonyl (C=O) groups is 1. The largest absolute Gasteiger partial charge is 0.466 e. The van der Waals surface area contributed by atoms with Crippen LogP contribution in [0.2, 0.25) is 5.02 Å². The SMILES string of the molecule is CCC1=NN(C(C)C)C(C)=C(C(=O)OC)C1c1ccccc1Cl. The summed E-state index contributed by atoms with van der Waals surface area (Å²) in [6.45, 7) is 8.04. The molecule has 0 aromatic heterocycles. The van der Waals surface area contributed by atoms with Gasteiger partial charge in [-0.2, -0.15) is 5.10 Å². The van der Waals surface area contributed by atoms with Crippen LogP contribution in [0.4, 0.5) is 0 Å². The minimum absolute atomic E-state index is 0.156. The molecule has 4 nitrogen and oxygen atoms in total. The van der Waals surface area contributed by atoms with E-state index < -0.39 is 0 Å². The molecule has 0 amide bonds. The maximum Gasteiger partial charge on any atom is 0.336 e. The molecule has 0 radical (unpaired) electrons. The van der Waals surface area contributed by atoms with Crippen LogP contribution in [-0.2, 0) is 9.53 Å². The van der Waals surface area contributed by atoms with Crippen LogP contribution in [0.1, 0.15) is 45.6 Å². The zero-order chi connectivity index (χ0) is 17.1. The lowest BCUT2D eigenvalue weighted by atomic mass is 9.83. The van der Waals surface area contributed by atoms with E-state index >= 15 is 0 Å².